The van der Waals surface area contributed by atoms with Crippen molar-refractivity contribution in [3.05, 3.63) is 66.5 Å². The van der Waals surface area contributed by atoms with E-state index >= 15 is 0 Å². The van der Waals surface area contributed by atoms with Gasteiger partial charge in [0.15, 0.2) is 5.82 Å². The summed E-state index contributed by atoms with van der Waals surface area (Å²) >= 11 is 0. The van der Waals surface area contributed by atoms with Gasteiger partial charge in [-0.25, -0.2) is 9.97 Å². The molecule has 0 radical (unpaired) electrons. The van der Waals surface area contributed by atoms with Crippen molar-refractivity contribution in [2.24, 2.45) is 0 Å². The van der Waals surface area contributed by atoms with Gasteiger partial charge in [-0.3, -0.25) is 4.79 Å². The minimum atomic E-state index is 0.114. The molecule has 1 aromatic heterocycles. The Kier molecular flexibility index (Phi) is 4.08. The van der Waals surface area contributed by atoms with Crippen molar-refractivity contribution in [1.29, 1.82) is 0 Å². The lowest BCUT2D eigenvalue weighted by molar-refractivity contribution is -0.119. The van der Waals surface area contributed by atoms with E-state index in [9.17, 15) is 4.79 Å². The molecule has 2 N–H and O–H groups in total. The topological polar surface area (TPSA) is 79.8 Å². The molecule has 1 unspecified atom stereocenters. The first-order valence-electron chi connectivity index (χ1n) is 8.19. The summed E-state index contributed by atoms with van der Waals surface area (Å²) in [6, 6.07) is 17.8. The second-order valence-electron chi connectivity index (χ2n) is 5.90. The van der Waals surface area contributed by atoms with E-state index in [2.05, 4.69) is 25.6 Å². The molecular weight excluding hydrogens is 314 g/mol. The molecule has 1 amide bonds. The third-order valence-electron chi connectivity index (χ3n) is 4.17. The first-order valence-corrected chi connectivity index (χ1v) is 8.19. The summed E-state index contributed by atoms with van der Waals surface area (Å²) in [6.45, 7) is 0. The standard InChI is InChI=1S/C19H17N5O/c25-17-11-10-16(23-17)13-6-8-15(9-7-13)22-19-21-12-20-18(24-19)14-4-2-1-3-5-14/h1-9,12,16H,10-11H2,(H,23,25)(H,20,21,22,24). The van der Waals surface area contributed by atoms with Crippen molar-refractivity contribution in [2.75, 3.05) is 5.32 Å². The van der Waals surface area contributed by atoms with E-state index in [1.54, 1.807) is 0 Å². The number of hydrogen-bond acceptors (Lipinski definition) is 5. The number of anilines is 2. The number of hydrogen-bond donors (Lipinski definition) is 2. The van der Waals surface area contributed by atoms with Gasteiger partial charge in [0.2, 0.25) is 11.9 Å². The Morgan fingerprint density at radius 3 is 2.52 bits per heavy atom. The Morgan fingerprint density at radius 2 is 1.80 bits per heavy atom. The normalized spacial score (nSPS) is 16.5. The maximum Gasteiger partial charge on any atom is 0.230 e. The number of carbonyl (C=O) groups is 1. The number of amides is 1. The SMILES string of the molecule is O=C1CCC(c2ccc(Nc3ncnc(-c4ccccc4)n3)cc2)N1. The predicted octanol–water partition coefficient (Wildman–Crippen LogP) is 3.23. The Labute approximate surface area is 145 Å². The largest absolute Gasteiger partial charge is 0.349 e. The lowest BCUT2D eigenvalue weighted by Crippen LogP contribution is -2.18. The van der Waals surface area contributed by atoms with Crippen molar-refractivity contribution in [3.8, 4) is 11.4 Å². The first-order chi connectivity index (χ1) is 12.3. The van der Waals surface area contributed by atoms with E-state index in [0.717, 1.165) is 23.2 Å². The summed E-state index contributed by atoms with van der Waals surface area (Å²) in [7, 11) is 0. The van der Waals surface area contributed by atoms with Crippen molar-refractivity contribution < 1.29 is 4.79 Å². The highest BCUT2D eigenvalue weighted by atomic mass is 16.1. The molecule has 1 fully saturated rings. The van der Waals surface area contributed by atoms with Crippen LogP contribution in [0.3, 0.4) is 0 Å². The molecule has 6 nitrogen and oxygen atoms in total. The molecule has 2 heterocycles. The highest BCUT2D eigenvalue weighted by Crippen LogP contribution is 2.25. The van der Waals surface area contributed by atoms with E-state index in [1.807, 2.05) is 54.6 Å². The molecule has 0 aliphatic carbocycles. The van der Waals surface area contributed by atoms with Crippen LogP contribution in [0.2, 0.25) is 0 Å². The fourth-order valence-corrected chi connectivity index (χ4v) is 2.87. The molecule has 6 heteroatoms. The zero-order chi connectivity index (χ0) is 17.1. The van der Waals surface area contributed by atoms with Crippen LogP contribution >= 0.6 is 0 Å². The molecular formula is C19H17N5O. The average Bonchev–Trinajstić information content (AvgIpc) is 3.10. The lowest BCUT2D eigenvalue weighted by atomic mass is 10.1. The molecule has 25 heavy (non-hydrogen) atoms. The summed E-state index contributed by atoms with van der Waals surface area (Å²) < 4.78 is 0. The zero-order valence-corrected chi connectivity index (χ0v) is 13.5. The molecule has 0 spiro atoms. The summed E-state index contributed by atoms with van der Waals surface area (Å²) in [5.74, 6) is 1.24. The van der Waals surface area contributed by atoms with Crippen LogP contribution in [0.1, 0.15) is 24.4 Å². The molecule has 1 atom stereocenters. The van der Waals surface area contributed by atoms with Crippen LogP contribution in [0.4, 0.5) is 11.6 Å². The molecule has 0 saturated carbocycles. The number of benzene rings is 2. The fraction of sp³-hybridized carbons (Fsp3) is 0.158. The number of aromatic nitrogens is 3. The molecule has 4 rings (SSSR count). The molecule has 0 bridgehead atoms. The monoisotopic (exact) mass is 331 g/mol. The Morgan fingerprint density at radius 1 is 1.00 bits per heavy atom. The van der Waals surface area contributed by atoms with Gasteiger partial charge in [0.05, 0.1) is 6.04 Å². The average molecular weight is 331 g/mol. The van der Waals surface area contributed by atoms with Gasteiger partial charge in [-0.1, -0.05) is 42.5 Å². The molecule has 1 aliphatic heterocycles. The van der Waals surface area contributed by atoms with Gasteiger partial charge in [-0.15, -0.1) is 0 Å². The lowest BCUT2D eigenvalue weighted by Gasteiger charge is -2.11. The minimum absolute atomic E-state index is 0.114. The quantitative estimate of drug-likeness (QED) is 0.767. The van der Waals surface area contributed by atoms with Gasteiger partial charge in [-0.2, -0.15) is 4.98 Å². The van der Waals surface area contributed by atoms with Gasteiger partial charge < -0.3 is 10.6 Å². The van der Waals surface area contributed by atoms with Crippen molar-refractivity contribution >= 4 is 17.5 Å². The van der Waals surface area contributed by atoms with E-state index in [1.165, 1.54) is 6.33 Å². The summed E-state index contributed by atoms with van der Waals surface area (Å²) in [5.41, 5.74) is 2.94. The molecule has 1 saturated heterocycles. The number of nitrogens with one attached hydrogen (secondary N) is 2. The van der Waals surface area contributed by atoms with Crippen LogP contribution in [-0.4, -0.2) is 20.9 Å². The van der Waals surface area contributed by atoms with Crippen molar-refractivity contribution in [2.45, 2.75) is 18.9 Å². The second kappa shape index (κ2) is 6.68. The highest BCUT2D eigenvalue weighted by molar-refractivity contribution is 5.78. The second-order valence-corrected chi connectivity index (χ2v) is 5.90. The van der Waals surface area contributed by atoms with Crippen molar-refractivity contribution in [1.82, 2.24) is 20.3 Å². The fourth-order valence-electron chi connectivity index (χ4n) is 2.87. The molecule has 124 valence electrons. The van der Waals surface area contributed by atoms with E-state index in [4.69, 9.17) is 0 Å². The van der Waals surface area contributed by atoms with Gasteiger partial charge in [0.1, 0.15) is 6.33 Å². The Balaban J connectivity index is 1.50. The van der Waals surface area contributed by atoms with Crippen LogP contribution in [0.5, 0.6) is 0 Å². The number of carbonyl (C=O) groups excluding carboxylic acids is 1. The molecule has 2 aromatic carbocycles. The van der Waals surface area contributed by atoms with Crippen LogP contribution in [0, 0.1) is 0 Å². The Bertz CT molecular complexity index is 880. The van der Waals surface area contributed by atoms with E-state index in [0.29, 0.717) is 18.2 Å². The Hall–Kier alpha value is -3.28. The summed E-state index contributed by atoms with van der Waals surface area (Å²) in [6.07, 6.45) is 2.94. The van der Waals surface area contributed by atoms with Crippen LogP contribution in [0.15, 0.2) is 60.9 Å². The first kappa shape index (κ1) is 15.3. The third kappa shape index (κ3) is 3.47. The van der Waals surface area contributed by atoms with Crippen LogP contribution < -0.4 is 10.6 Å². The molecule has 1 aliphatic rings. The maximum atomic E-state index is 11.3. The number of rotatable bonds is 4. The summed E-state index contributed by atoms with van der Waals surface area (Å²) in [4.78, 5) is 24.2. The maximum absolute atomic E-state index is 11.3. The summed E-state index contributed by atoms with van der Waals surface area (Å²) in [5, 5.41) is 6.16. The number of nitrogens with zero attached hydrogens (tertiary/aromatic N) is 3. The molecule has 3 aromatic rings. The van der Waals surface area contributed by atoms with Gasteiger partial charge in [-0.05, 0) is 24.1 Å². The van der Waals surface area contributed by atoms with Gasteiger partial charge >= 0.3 is 0 Å². The van der Waals surface area contributed by atoms with Gasteiger partial charge in [0, 0.05) is 17.7 Å². The van der Waals surface area contributed by atoms with Crippen LogP contribution in [-0.2, 0) is 4.79 Å². The predicted molar refractivity (Wildman–Crippen MR) is 95.1 cm³/mol. The van der Waals surface area contributed by atoms with Gasteiger partial charge in [0.25, 0.3) is 0 Å². The van der Waals surface area contributed by atoms with Crippen molar-refractivity contribution in [3.63, 3.8) is 0 Å². The smallest absolute Gasteiger partial charge is 0.230 e. The minimum Gasteiger partial charge on any atom is -0.349 e. The van der Waals surface area contributed by atoms with E-state index in [-0.39, 0.29) is 11.9 Å². The van der Waals surface area contributed by atoms with E-state index < -0.39 is 0 Å². The zero-order valence-electron chi connectivity index (χ0n) is 13.5. The van der Waals surface area contributed by atoms with Crippen LogP contribution in [0.25, 0.3) is 11.4 Å². The highest BCUT2D eigenvalue weighted by Gasteiger charge is 2.21. The third-order valence-corrected chi connectivity index (χ3v) is 4.17.